The minimum absolute atomic E-state index is 0.0858. The van der Waals surface area contributed by atoms with Gasteiger partial charge in [-0.15, -0.1) is 0 Å². The monoisotopic (exact) mass is 258 g/mol. The first-order chi connectivity index (χ1) is 9.09. The van der Waals surface area contributed by atoms with Crippen LogP contribution in [0.25, 0.3) is 10.8 Å². The Hall–Kier alpha value is -1.98. The molecule has 2 aromatic rings. The van der Waals surface area contributed by atoms with Gasteiger partial charge in [0.1, 0.15) is 0 Å². The number of aromatic nitrogens is 4. The van der Waals surface area contributed by atoms with Crippen molar-refractivity contribution in [1.82, 2.24) is 19.6 Å². The van der Waals surface area contributed by atoms with Gasteiger partial charge in [-0.3, -0.25) is 9.59 Å². The first-order valence-corrected chi connectivity index (χ1v) is 6.60. The highest BCUT2D eigenvalue weighted by Gasteiger charge is 2.39. The van der Waals surface area contributed by atoms with Gasteiger partial charge in [0.15, 0.2) is 0 Å². The van der Waals surface area contributed by atoms with E-state index in [1.807, 2.05) is 0 Å². The zero-order valence-electron chi connectivity index (χ0n) is 10.9. The molecule has 0 N–H and O–H groups in total. The van der Waals surface area contributed by atoms with Gasteiger partial charge in [-0.2, -0.15) is 10.2 Å². The third-order valence-corrected chi connectivity index (χ3v) is 4.47. The Bertz CT molecular complexity index is 765. The van der Waals surface area contributed by atoms with Crippen LogP contribution in [0.15, 0.2) is 9.59 Å². The van der Waals surface area contributed by atoms with Crippen molar-refractivity contribution in [3.63, 3.8) is 0 Å². The number of aryl methyl sites for hydroxylation is 2. The molecule has 2 aromatic heterocycles. The van der Waals surface area contributed by atoms with Crippen LogP contribution in [-0.4, -0.2) is 19.6 Å². The van der Waals surface area contributed by atoms with E-state index < -0.39 is 0 Å². The summed E-state index contributed by atoms with van der Waals surface area (Å²) >= 11 is 0. The van der Waals surface area contributed by atoms with Crippen LogP contribution in [0.2, 0.25) is 0 Å². The van der Waals surface area contributed by atoms with Gasteiger partial charge in [-0.05, 0) is 33.1 Å². The van der Waals surface area contributed by atoms with Crippen LogP contribution in [0, 0.1) is 13.8 Å². The maximum absolute atomic E-state index is 12.7. The Kier molecular flexibility index (Phi) is 1.90. The Morgan fingerprint density at radius 2 is 1.32 bits per heavy atom. The van der Waals surface area contributed by atoms with Crippen LogP contribution in [-0.2, 0) is 0 Å². The summed E-state index contributed by atoms with van der Waals surface area (Å²) in [5.74, 6) is 0. The predicted octanol–water partition coefficient (Wildman–Crippen LogP) is 0.850. The summed E-state index contributed by atoms with van der Waals surface area (Å²) in [5.41, 5.74) is 0.914. The van der Waals surface area contributed by atoms with Gasteiger partial charge in [0.25, 0.3) is 11.1 Å². The first kappa shape index (κ1) is 10.9. The van der Waals surface area contributed by atoms with E-state index in [0.29, 0.717) is 22.2 Å². The highest BCUT2D eigenvalue weighted by Crippen LogP contribution is 2.42. The fourth-order valence-corrected chi connectivity index (χ4v) is 3.62. The molecule has 98 valence electrons. The van der Waals surface area contributed by atoms with Crippen LogP contribution < -0.4 is 11.1 Å². The van der Waals surface area contributed by atoms with E-state index in [1.165, 1.54) is 0 Å². The van der Waals surface area contributed by atoms with Crippen LogP contribution >= 0.6 is 0 Å². The molecule has 1 aliphatic carbocycles. The fourth-order valence-electron chi connectivity index (χ4n) is 3.62. The second-order valence-corrected chi connectivity index (χ2v) is 5.54. The molecule has 19 heavy (non-hydrogen) atoms. The molecule has 6 heteroatoms. The Balaban J connectivity index is 2.30. The largest absolute Gasteiger partial charge is 0.275 e. The average Bonchev–Trinajstić information content (AvgIpc) is 2.99. The Morgan fingerprint density at radius 3 is 1.74 bits per heavy atom. The molecule has 1 fully saturated rings. The van der Waals surface area contributed by atoms with E-state index >= 15 is 0 Å². The topological polar surface area (TPSA) is 69.8 Å². The molecule has 0 radical (unpaired) electrons. The van der Waals surface area contributed by atoms with Crippen LogP contribution in [0.3, 0.4) is 0 Å². The average molecular weight is 258 g/mol. The van der Waals surface area contributed by atoms with Gasteiger partial charge in [-0.1, -0.05) is 0 Å². The molecule has 0 saturated heterocycles. The van der Waals surface area contributed by atoms with E-state index in [0.717, 1.165) is 19.3 Å². The molecule has 4 rings (SSSR count). The predicted molar refractivity (Wildman–Crippen MR) is 69.5 cm³/mol. The molecule has 2 aliphatic rings. The molecule has 2 bridgehead atoms. The molecule has 2 unspecified atom stereocenters. The fraction of sp³-hybridized carbons (Fsp3) is 0.538. The van der Waals surface area contributed by atoms with Crippen LogP contribution in [0.4, 0.5) is 0 Å². The van der Waals surface area contributed by atoms with Crippen LogP contribution in [0.5, 0.6) is 0 Å². The van der Waals surface area contributed by atoms with Crippen molar-refractivity contribution < 1.29 is 0 Å². The van der Waals surface area contributed by atoms with Crippen molar-refractivity contribution in [3.05, 3.63) is 32.1 Å². The highest BCUT2D eigenvalue weighted by molar-refractivity contribution is 5.84. The maximum atomic E-state index is 12.7. The van der Waals surface area contributed by atoms with Gasteiger partial charge >= 0.3 is 0 Å². The van der Waals surface area contributed by atoms with Crippen molar-refractivity contribution >= 4 is 10.8 Å². The maximum Gasteiger partial charge on any atom is 0.275 e. The molecule has 0 amide bonds. The van der Waals surface area contributed by atoms with Crippen molar-refractivity contribution in [2.45, 2.75) is 45.2 Å². The Labute approximate surface area is 108 Å². The van der Waals surface area contributed by atoms with Gasteiger partial charge in [-0.25, -0.2) is 9.36 Å². The number of fused-ring (bicyclic) bond motifs is 6. The molecular weight excluding hydrogens is 244 g/mol. The number of hydrogen-bond acceptors (Lipinski definition) is 4. The normalized spacial score (nSPS) is 24.1. The lowest BCUT2D eigenvalue weighted by Gasteiger charge is -2.20. The van der Waals surface area contributed by atoms with Crippen molar-refractivity contribution in [2.75, 3.05) is 0 Å². The van der Waals surface area contributed by atoms with E-state index in [-0.39, 0.29) is 23.2 Å². The standard InChI is InChI=1S/C13H14N4O2/c1-6-10-11(7(2)15-14-6)13(19)17-9-4-3-8(5-9)16(17)12(10)18/h8-9H,3-5H2,1-2H3. The Morgan fingerprint density at radius 1 is 0.895 bits per heavy atom. The van der Waals surface area contributed by atoms with Crippen molar-refractivity contribution in [3.8, 4) is 0 Å². The quantitative estimate of drug-likeness (QED) is 0.702. The zero-order chi connectivity index (χ0) is 13.3. The van der Waals surface area contributed by atoms with E-state index in [4.69, 9.17) is 0 Å². The zero-order valence-corrected chi connectivity index (χ0v) is 10.9. The summed E-state index contributed by atoms with van der Waals surface area (Å²) in [5, 5.41) is 8.86. The van der Waals surface area contributed by atoms with E-state index in [1.54, 1.807) is 23.2 Å². The molecule has 0 spiro atoms. The number of nitrogens with zero attached hydrogens (tertiary/aromatic N) is 4. The van der Waals surface area contributed by atoms with Crippen LogP contribution in [0.1, 0.15) is 42.7 Å². The summed E-state index contributed by atoms with van der Waals surface area (Å²) in [6.07, 6.45) is 2.89. The summed E-state index contributed by atoms with van der Waals surface area (Å²) in [6, 6.07) is 0.366. The minimum Gasteiger partial charge on any atom is -0.267 e. The molecule has 0 aromatic carbocycles. The lowest BCUT2D eigenvalue weighted by atomic mass is 10.1. The summed E-state index contributed by atoms with van der Waals surface area (Å²) in [7, 11) is 0. The third kappa shape index (κ3) is 1.16. The van der Waals surface area contributed by atoms with Gasteiger partial charge in [0.2, 0.25) is 0 Å². The van der Waals surface area contributed by atoms with Crippen molar-refractivity contribution in [2.24, 2.45) is 0 Å². The number of hydrogen-bond donors (Lipinski definition) is 0. The van der Waals surface area contributed by atoms with Gasteiger partial charge in [0, 0.05) is 0 Å². The minimum atomic E-state index is -0.0858. The first-order valence-electron chi connectivity index (χ1n) is 6.60. The lowest BCUT2D eigenvalue weighted by molar-refractivity contribution is 0.362. The third-order valence-electron chi connectivity index (χ3n) is 4.47. The SMILES string of the molecule is Cc1nnc(C)c2c(=O)n3n(c(=O)c12)C1CCC3C1. The molecule has 2 atom stereocenters. The summed E-state index contributed by atoms with van der Waals surface area (Å²) < 4.78 is 3.32. The highest BCUT2D eigenvalue weighted by atomic mass is 16.2. The molecule has 1 saturated carbocycles. The van der Waals surface area contributed by atoms with Crippen molar-refractivity contribution in [1.29, 1.82) is 0 Å². The second-order valence-electron chi connectivity index (χ2n) is 5.54. The van der Waals surface area contributed by atoms with E-state index in [9.17, 15) is 9.59 Å². The molecule has 1 aliphatic heterocycles. The molecule has 6 nitrogen and oxygen atoms in total. The van der Waals surface area contributed by atoms with E-state index in [2.05, 4.69) is 10.2 Å². The van der Waals surface area contributed by atoms with Gasteiger partial charge in [0.05, 0.1) is 34.2 Å². The smallest absolute Gasteiger partial charge is 0.267 e. The number of rotatable bonds is 0. The lowest BCUT2D eigenvalue weighted by Crippen LogP contribution is -2.39. The molecule has 3 heterocycles. The molecular formula is C13H14N4O2. The van der Waals surface area contributed by atoms with Gasteiger partial charge < -0.3 is 0 Å². The second kappa shape index (κ2) is 3.31. The summed E-state index contributed by atoms with van der Waals surface area (Å²) in [6.45, 7) is 3.47. The summed E-state index contributed by atoms with van der Waals surface area (Å²) in [4.78, 5) is 25.3.